The fourth-order valence-electron chi connectivity index (χ4n) is 3.47. The summed E-state index contributed by atoms with van der Waals surface area (Å²) in [4.78, 5) is 12.2. The summed E-state index contributed by atoms with van der Waals surface area (Å²) in [5.41, 5.74) is 1.78. The van der Waals surface area contributed by atoms with Crippen molar-refractivity contribution in [2.45, 2.75) is 97.6 Å². The molecule has 1 unspecified atom stereocenters. The van der Waals surface area contributed by atoms with Gasteiger partial charge in [0.05, 0.1) is 6.61 Å². The molecule has 0 bridgehead atoms. The minimum atomic E-state index is -3.94. The zero-order chi connectivity index (χ0) is 20.9. The quantitative estimate of drug-likeness (QED) is 0.387. The van der Waals surface area contributed by atoms with Crippen LogP contribution in [0, 0.1) is 0 Å². The van der Waals surface area contributed by atoms with Crippen LogP contribution >= 0.6 is 7.60 Å². The lowest BCUT2D eigenvalue weighted by Gasteiger charge is -2.32. The Bertz CT molecular complexity index is 659. The first-order chi connectivity index (χ1) is 12.3. The summed E-state index contributed by atoms with van der Waals surface area (Å²) < 4.78 is 17.1. The van der Waals surface area contributed by atoms with E-state index in [4.69, 9.17) is 4.52 Å². The van der Waals surface area contributed by atoms with Crippen LogP contribution in [-0.4, -0.2) is 11.7 Å². The molecule has 0 saturated heterocycles. The van der Waals surface area contributed by atoms with Crippen LogP contribution in [0.4, 0.5) is 0 Å². The van der Waals surface area contributed by atoms with E-state index >= 15 is 0 Å². The standard InChI is InChI=1S/C22H39O4P/c1-8-10-11-12-13-22(6,7)19-15-17(16-27(24,25)26-9-2)14-18(20(19)23)21(3,4)5/h14-15,23H,8-13,16H2,1-7H3,(H,24,25)/p-1. The van der Waals surface area contributed by atoms with Crippen LogP contribution in [-0.2, 0) is 26.1 Å². The largest absolute Gasteiger partial charge is 0.778 e. The van der Waals surface area contributed by atoms with Gasteiger partial charge in [-0.2, -0.15) is 0 Å². The molecule has 0 amide bonds. The molecule has 0 saturated carbocycles. The Morgan fingerprint density at radius 3 is 2.15 bits per heavy atom. The monoisotopic (exact) mass is 397 g/mol. The van der Waals surface area contributed by atoms with Gasteiger partial charge >= 0.3 is 0 Å². The molecule has 0 aliphatic heterocycles. The smallest absolute Gasteiger partial charge is 0.139 e. The molecule has 1 aromatic rings. The molecule has 0 aliphatic rings. The van der Waals surface area contributed by atoms with Gasteiger partial charge in [-0.15, -0.1) is 0 Å². The van der Waals surface area contributed by atoms with E-state index in [9.17, 15) is 14.6 Å². The van der Waals surface area contributed by atoms with Crippen LogP contribution in [0.3, 0.4) is 0 Å². The minimum Gasteiger partial charge on any atom is -0.778 e. The first-order valence-electron chi connectivity index (χ1n) is 10.2. The Hall–Kier alpha value is -0.830. The first-order valence-corrected chi connectivity index (χ1v) is 11.9. The van der Waals surface area contributed by atoms with Crippen molar-refractivity contribution in [2.24, 2.45) is 0 Å². The van der Waals surface area contributed by atoms with Crippen molar-refractivity contribution in [3.05, 3.63) is 28.8 Å². The van der Waals surface area contributed by atoms with E-state index in [2.05, 4.69) is 20.8 Å². The van der Waals surface area contributed by atoms with Gasteiger partial charge in [0.15, 0.2) is 0 Å². The van der Waals surface area contributed by atoms with Crippen LogP contribution in [0.15, 0.2) is 12.1 Å². The van der Waals surface area contributed by atoms with E-state index in [0.717, 1.165) is 24.0 Å². The topological polar surface area (TPSA) is 69.6 Å². The third-order valence-corrected chi connectivity index (χ3v) is 6.47. The molecule has 0 spiro atoms. The maximum absolute atomic E-state index is 12.2. The molecule has 0 fully saturated rings. The minimum absolute atomic E-state index is 0.140. The van der Waals surface area contributed by atoms with Gasteiger partial charge in [-0.25, -0.2) is 0 Å². The van der Waals surface area contributed by atoms with Gasteiger partial charge in [-0.05, 0) is 35.3 Å². The number of unbranched alkanes of at least 4 members (excludes halogenated alkanes) is 3. The number of benzene rings is 1. The molecule has 0 aromatic heterocycles. The summed E-state index contributed by atoms with van der Waals surface area (Å²) >= 11 is 0. The summed E-state index contributed by atoms with van der Waals surface area (Å²) in [5.74, 6) is 0.295. The van der Waals surface area contributed by atoms with Gasteiger partial charge in [0.2, 0.25) is 0 Å². The molecule has 0 aliphatic carbocycles. The number of rotatable bonds is 10. The molecule has 1 aromatic carbocycles. The second-order valence-electron chi connectivity index (χ2n) is 9.17. The van der Waals surface area contributed by atoms with E-state index in [1.807, 2.05) is 32.9 Å². The van der Waals surface area contributed by atoms with Gasteiger partial charge in [0.1, 0.15) is 13.3 Å². The summed E-state index contributed by atoms with van der Waals surface area (Å²) in [6.45, 7) is 14.4. The summed E-state index contributed by atoms with van der Waals surface area (Å²) in [6, 6.07) is 3.67. The predicted molar refractivity (Wildman–Crippen MR) is 112 cm³/mol. The zero-order valence-electron chi connectivity index (χ0n) is 18.2. The van der Waals surface area contributed by atoms with Crippen molar-refractivity contribution >= 4 is 7.60 Å². The second-order valence-corrected chi connectivity index (χ2v) is 11.0. The van der Waals surface area contributed by atoms with Crippen LogP contribution in [0.5, 0.6) is 5.75 Å². The van der Waals surface area contributed by atoms with E-state index in [0.29, 0.717) is 11.3 Å². The van der Waals surface area contributed by atoms with Gasteiger partial charge in [0.25, 0.3) is 0 Å². The highest BCUT2D eigenvalue weighted by Gasteiger charge is 2.29. The van der Waals surface area contributed by atoms with E-state index < -0.39 is 7.60 Å². The summed E-state index contributed by atoms with van der Waals surface area (Å²) in [6.07, 6.45) is 5.47. The molecule has 1 rings (SSSR count). The Kier molecular flexibility index (Phi) is 8.59. The highest BCUT2D eigenvalue weighted by atomic mass is 31.2. The van der Waals surface area contributed by atoms with Gasteiger partial charge in [0, 0.05) is 11.7 Å². The SMILES string of the molecule is CCCCCCC(C)(C)c1cc(CP(=O)([O-])OCC)cc(C(C)(C)C)c1O. The van der Waals surface area contributed by atoms with Crippen molar-refractivity contribution in [1.82, 2.24) is 0 Å². The van der Waals surface area contributed by atoms with Crippen molar-refractivity contribution in [1.29, 1.82) is 0 Å². The lowest BCUT2D eigenvalue weighted by Crippen LogP contribution is -2.21. The van der Waals surface area contributed by atoms with E-state index in [-0.39, 0.29) is 23.6 Å². The highest BCUT2D eigenvalue weighted by Crippen LogP contribution is 2.46. The Balaban J connectivity index is 3.33. The highest BCUT2D eigenvalue weighted by molar-refractivity contribution is 7.50. The molecule has 5 heteroatoms. The van der Waals surface area contributed by atoms with Crippen molar-refractivity contribution < 1.29 is 19.1 Å². The van der Waals surface area contributed by atoms with Crippen molar-refractivity contribution in [2.75, 3.05) is 6.61 Å². The van der Waals surface area contributed by atoms with Gasteiger partial charge in [-0.3, -0.25) is 0 Å². The first kappa shape index (κ1) is 24.2. The number of hydrogen-bond donors (Lipinski definition) is 1. The average molecular weight is 398 g/mol. The normalized spacial score (nSPS) is 15.0. The van der Waals surface area contributed by atoms with Crippen molar-refractivity contribution in [3.63, 3.8) is 0 Å². The third-order valence-electron chi connectivity index (χ3n) is 5.06. The third kappa shape index (κ3) is 7.25. The van der Waals surface area contributed by atoms with E-state index in [1.54, 1.807) is 6.92 Å². The predicted octanol–water partition coefficient (Wildman–Crippen LogP) is 6.03. The summed E-state index contributed by atoms with van der Waals surface area (Å²) in [5, 5.41) is 11.0. The van der Waals surface area contributed by atoms with Crippen LogP contribution < -0.4 is 4.89 Å². The number of hydrogen-bond acceptors (Lipinski definition) is 4. The molecule has 156 valence electrons. The van der Waals surface area contributed by atoms with Gasteiger partial charge in [-0.1, -0.05) is 79.4 Å². The van der Waals surface area contributed by atoms with Crippen LogP contribution in [0.1, 0.15) is 97.3 Å². The fourth-order valence-corrected chi connectivity index (χ4v) is 4.58. The Morgan fingerprint density at radius 2 is 1.63 bits per heavy atom. The maximum atomic E-state index is 12.2. The molecule has 0 radical (unpaired) electrons. The molecular formula is C22H38O4P-. The average Bonchev–Trinajstić information content (AvgIpc) is 2.51. The molecule has 27 heavy (non-hydrogen) atoms. The lowest BCUT2D eigenvalue weighted by molar-refractivity contribution is -0.198. The van der Waals surface area contributed by atoms with Crippen molar-refractivity contribution in [3.8, 4) is 5.75 Å². The number of aromatic hydroxyl groups is 1. The van der Waals surface area contributed by atoms with E-state index in [1.165, 1.54) is 19.3 Å². The number of phenolic OH excluding ortho intramolecular Hbond substituents is 1. The van der Waals surface area contributed by atoms with Gasteiger partial charge < -0.3 is 19.1 Å². The molecule has 4 nitrogen and oxygen atoms in total. The molecular weight excluding hydrogens is 359 g/mol. The lowest BCUT2D eigenvalue weighted by atomic mass is 9.75. The number of phenols is 1. The van der Waals surface area contributed by atoms with Crippen LogP contribution in [0.2, 0.25) is 0 Å². The second kappa shape index (κ2) is 9.58. The zero-order valence-corrected chi connectivity index (χ0v) is 19.1. The fraction of sp³-hybridized carbons (Fsp3) is 0.727. The molecule has 0 heterocycles. The molecule has 1 N–H and O–H groups in total. The van der Waals surface area contributed by atoms with Crippen LogP contribution in [0.25, 0.3) is 0 Å². The Morgan fingerprint density at radius 1 is 1.04 bits per heavy atom. The Labute approximate surface area is 165 Å². The maximum Gasteiger partial charge on any atom is 0.139 e. The molecule has 1 atom stereocenters. The summed E-state index contributed by atoms with van der Waals surface area (Å²) in [7, 11) is -3.94.